The van der Waals surface area contributed by atoms with E-state index in [1.54, 1.807) is 6.07 Å². The molecule has 1 aromatic rings. The highest BCUT2D eigenvalue weighted by atomic mass is 79.9. The Bertz CT molecular complexity index is 363. The number of nitrogens with zero attached hydrogens (tertiary/aromatic N) is 2. The molecule has 1 rings (SSSR count). The first-order valence-corrected chi connectivity index (χ1v) is 4.80. The van der Waals surface area contributed by atoms with Crippen molar-refractivity contribution in [1.29, 1.82) is 0 Å². The van der Waals surface area contributed by atoms with E-state index in [9.17, 15) is 0 Å². The van der Waals surface area contributed by atoms with E-state index in [1.807, 2.05) is 31.1 Å². The summed E-state index contributed by atoms with van der Waals surface area (Å²) in [6.07, 6.45) is 0. The summed E-state index contributed by atoms with van der Waals surface area (Å²) >= 11 is 3.37. The van der Waals surface area contributed by atoms with Crippen LogP contribution in [0.3, 0.4) is 0 Å². The number of benzene rings is 1. The number of anilines is 1. The van der Waals surface area contributed by atoms with Gasteiger partial charge in [-0.15, -0.1) is 0 Å². The summed E-state index contributed by atoms with van der Waals surface area (Å²) in [7, 11) is 3.80. The van der Waals surface area contributed by atoms with Crippen LogP contribution in [0, 0.1) is 0 Å². The summed E-state index contributed by atoms with van der Waals surface area (Å²) in [5.41, 5.74) is 7.15. The van der Waals surface area contributed by atoms with Crippen molar-refractivity contribution in [3.63, 3.8) is 0 Å². The Hall–Kier alpha value is -1.23. The van der Waals surface area contributed by atoms with Gasteiger partial charge in [0.05, 0.1) is 0 Å². The van der Waals surface area contributed by atoms with Gasteiger partial charge in [-0.1, -0.05) is 21.1 Å². The highest BCUT2D eigenvalue weighted by Crippen LogP contribution is 2.23. The first-order chi connectivity index (χ1) is 6.56. The van der Waals surface area contributed by atoms with Gasteiger partial charge in [0.2, 0.25) is 0 Å². The van der Waals surface area contributed by atoms with Gasteiger partial charge >= 0.3 is 0 Å². The lowest BCUT2D eigenvalue weighted by molar-refractivity contribution is 0.318. The fraction of sp³-hybridized carbons (Fsp3) is 0.222. The second-order valence-corrected chi connectivity index (χ2v) is 3.96. The number of hydrogen-bond acceptors (Lipinski definition) is 3. The van der Waals surface area contributed by atoms with Gasteiger partial charge in [-0.05, 0) is 18.2 Å². The molecule has 0 heterocycles. The number of hydrogen-bond donors (Lipinski definition) is 2. The molecule has 0 unspecified atom stereocenters. The topological polar surface area (TPSA) is 61.8 Å². The van der Waals surface area contributed by atoms with E-state index in [0.717, 1.165) is 10.2 Å². The first kappa shape index (κ1) is 10.8. The Morgan fingerprint density at radius 3 is 2.64 bits per heavy atom. The third kappa shape index (κ3) is 2.17. The van der Waals surface area contributed by atoms with Crippen LogP contribution in [0.15, 0.2) is 27.8 Å². The minimum absolute atomic E-state index is 0.112. The third-order valence-electron chi connectivity index (χ3n) is 1.83. The number of oxime groups is 1. The molecule has 0 saturated heterocycles. The summed E-state index contributed by atoms with van der Waals surface area (Å²) in [6.45, 7) is 0. The summed E-state index contributed by atoms with van der Waals surface area (Å²) < 4.78 is 0.954. The molecule has 0 radical (unpaired) electrons. The zero-order valence-corrected chi connectivity index (χ0v) is 9.62. The Labute approximate surface area is 91.1 Å². The van der Waals surface area contributed by atoms with E-state index in [1.165, 1.54) is 0 Å². The lowest BCUT2D eigenvalue weighted by Gasteiger charge is -2.16. The van der Waals surface area contributed by atoms with Crippen LogP contribution < -0.4 is 10.6 Å². The molecule has 0 spiro atoms. The minimum atomic E-state index is 0.112. The molecule has 0 aliphatic rings. The molecular weight excluding hydrogens is 246 g/mol. The van der Waals surface area contributed by atoms with Crippen molar-refractivity contribution in [2.45, 2.75) is 0 Å². The average Bonchev–Trinajstić information content (AvgIpc) is 2.16. The first-order valence-electron chi connectivity index (χ1n) is 4.01. The van der Waals surface area contributed by atoms with E-state index in [-0.39, 0.29) is 5.84 Å². The van der Waals surface area contributed by atoms with E-state index >= 15 is 0 Å². The van der Waals surface area contributed by atoms with Crippen LogP contribution in [0.5, 0.6) is 0 Å². The van der Waals surface area contributed by atoms with E-state index in [0.29, 0.717) is 5.56 Å². The van der Waals surface area contributed by atoms with Crippen molar-refractivity contribution >= 4 is 27.5 Å². The van der Waals surface area contributed by atoms with Crippen molar-refractivity contribution in [1.82, 2.24) is 0 Å². The van der Waals surface area contributed by atoms with Crippen LogP contribution >= 0.6 is 15.9 Å². The molecule has 0 bridgehead atoms. The maximum atomic E-state index is 8.60. The zero-order chi connectivity index (χ0) is 10.7. The molecule has 0 saturated carbocycles. The van der Waals surface area contributed by atoms with Gasteiger partial charge in [-0.25, -0.2) is 0 Å². The van der Waals surface area contributed by atoms with Gasteiger partial charge in [0.1, 0.15) is 0 Å². The second-order valence-electron chi connectivity index (χ2n) is 3.04. The van der Waals surface area contributed by atoms with Crippen LogP contribution in [0.4, 0.5) is 5.69 Å². The molecule has 0 aliphatic carbocycles. The maximum Gasteiger partial charge on any atom is 0.172 e. The van der Waals surface area contributed by atoms with Crippen LogP contribution in [-0.4, -0.2) is 25.1 Å². The van der Waals surface area contributed by atoms with Gasteiger partial charge in [0.15, 0.2) is 5.84 Å². The summed E-state index contributed by atoms with van der Waals surface area (Å²) in [5.74, 6) is 0.112. The molecule has 0 aliphatic heterocycles. The highest BCUT2D eigenvalue weighted by Gasteiger charge is 2.08. The Balaban J connectivity index is 3.29. The van der Waals surface area contributed by atoms with Gasteiger partial charge < -0.3 is 15.8 Å². The van der Waals surface area contributed by atoms with E-state index in [2.05, 4.69) is 21.1 Å². The fourth-order valence-electron chi connectivity index (χ4n) is 1.15. The fourth-order valence-corrected chi connectivity index (χ4v) is 1.49. The van der Waals surface area contributed by atoms with Crippen molar-refractivity contribution in [2.75, 3.05) is 19.0 Å². The predicted octanol–water partition coefficient (Wildman–Crippen LogP) is 1.61. The van der Waals surface area contributed by atoms with Crippen molar-refractivity contribution < 1.29 is 5.21 Å². The van der Waals surface area contributed by atoms with Crippen molar-refractivity contribution in [3.8, 4) is 0 Å². The smallest absolute Gasteiger partial charge is 0.172 e. The minimum Gasteiger partial charge on any atom is -0.409 e. The Morgan fingerprint density at radius 2 is 2.14 bits per heavy atom. The van der Waals surface area contributed by atoms with Gasteiger partial charge in [0.25, 0.3) is 0 Å². The highest BCUT2D eigenvalue weighted by molar-refractivity contribution is 9.10. The largest absolute Gasteiger partial charge is 0.409 e. The van der Waals surface area contributed by atoms with Crippen LogP contribution in [0.2, 0.25) is 0 Å². The SMILES string of the molecule is CN(C)c1cc(Br)ccc1/C(N)=N/O. The van der Waals surface area contributed by atoms with Crippen LogP contribution in [0.25, 0.3) is 0 Å². The zero-order valence-electron chi connectivity index (χ0n) is 8.03. The van der Waals surface area contributed by atoms with Crippen molar-refractivity contribution in [2.24, 2.45) is 10.9 Å². The van der Waals surface area contributed by atoms with Crippen LogP contribution in [0.1, 0.15) is 5.56 Å². The molecule has 0 atom stereocenters. The maximum absolute atomic E-state index is 8.60. The predicted molar refractivity (Wildman–Crippen MR) is 61.0 cm³/mol. The molecule has 0 amide bonds. The molecular formula is C9H12BrN3O. The van der Waals surface area contributed by atoms with Crippen LogP contribution in [-0.2, 0) is 0 Å². The second kappa shape index (κ2) is 4.32. The molecule has 1 aromatic carbocycles. The monoisotopic (exact) mass is 257 g/mol. The third-order valence-corrected chi connectivity index (χ3v) is 2.32. The summed E-state index contributed by atoms with van der Waals surface area (Å²) in [4.78, 5) is 1.90. The Kier molecular flexibility index (Phi) is 3.35. The molecule has 5 heteroatoms. The standard InChI is InChI=1S/C9H12BrN3O/c1-13(2)8-5-6(10)3-4-7(8)9(11)12-14/h3-5,14H,1-2H3,(H2,11,12). The van der Waals surface area contributed by atoms with Gasteiger partial charge in [-0.2, -0.15) is 0 Å². The number of nitrogens with two attached hydrogens (primary N) is 1. The van der Waals surface area contributed by atoms with E-state index in [4.69, 9.17) is 10.9 Å². The normalized spacial score (nSPS) is 11.5. The summed E-state index contributed by atoms with van der Waals surface area (Å²) in [6, 6.07) is 5.56. The average molecular weight is 258 g/mol. The van der Waals surface area contributed by atoms with Gasteiger partial charge in [0, 0.05) is 29.8 Å². The molecule has 3 N–H and O–H groups in total. The molecule has 14 heavy (non-hydrogen) atoms. The Morgan fingerprint density at radius 1 is 1.50 bits per heavy atom. The molecule has 0 fully saturated rings. The lowest BCUT2D eigenvalue weighted by atomic mass is 10.1. The summed E-state index contributed by atoms with van der Waals surface area (Å²) in [5, 5.41) is 11.6. The number of amidine groups is 1. The quantitative estimate of drug-likeness (QED) is 0.366. The molecule has 4 nitrogen and oxygen atoms in total. The van der Waals surface area contributed by atoms with Gasteiger partial charge in [-0.3, -0.25) is 0 Å². The van der Waals surface area contributed by atoms with Crippen molar-refractivity contribution in [3.05, 3.63) is 28.2 Å². The molecule has 76 valence electrons. The molecule has 0 aromatic heterocycles. The number of halogens is 1. The number of rotatable bonds is 2. The van der Waals surface area contributed by atoms with E-state index < -0.39 is 0 Å². The lowest BCUT2D eigenvalue weighted by Crippen LogP contribution is -2.19.